The Hall–Kier alpha value is -3.48. The first-order valence-electron chi connectivity index (χ1n) is 10.1. The van der Waals surface area contributed by atoms with Gasteiger partial charge in [-0.15, -0.1) is 0 Å². The maximum absolute atomic E-state index is 12.6. The summed E-state index contributed by atoms with van der Waals surface area (Å²) in [6.07, 6.45) is 4.13. The van der Waals surface area contributed by atoms with E-state index in [9.17, 15) is 19.2 Å². The molecule has 0 saturated carbocycles. The number of nitrogens with zero attached hydrogens (tertiary/aromatic N) is 2. The monoisotopic (exact) mass is 406 g/mol. The molecule has 154 valence electrons. The van der Waals surface area contributed by atoms with Crippen LogP contribution in [0.25, 0.3) is 0 Å². The minimum absolute atomic E-state index is 0.174. The van der Waals surface area contributed by atoms with Gasteiger partial charge in [0, 0.05) is 13.1 Å². The molecule has 0 bridgehead atoms. The van der Waals surface area contributed by atoms with Crippen LogP contribution in [0, 0.1) is 0 Å². The zero-order chi connectivity index (χ0) is 21.1. The number of hydrogen-bond acceptors (Lipinski definition) is 5. The van der Waals surface area contributed by atoms with Crippen LogP contribution in [0.3, 0.4) is 0 Å². The first-order chi connectivity index (χ1) is 14.6. The molecule has 0 aromatic heterocycles. The Labute approximate surface area is 174 Å². The first kappa shape index (κ1) is 19.8. The summed E-state index contributed by atoms with van der Waals surface area (Å²) in [7, 11) is 0. The predicted octanol–water partition coefficient (Wildman–Crippen LogP) is 3.05. The molecule has 0 spiro atoms. The smallest absolute Gasteiger partial charge is 0.338 e. The number of hydrogen-bond donors (Lipinski definition) is 0. The average Bonchev–Trinajstić information content (AvgIpc) is 2.95. The Morgan fingerprint density at radius 3 is 2.10 bits per heavy atom. The van der Waals surface area contributed by atoms with Crippen molar-refractivity contribution in [3.63, 3.8) is 0 Å². The number of anilines is 1. The third kappa shape index (κ3) is 3.83. The van der Waals surface area contributed by atoms with E-state index in [1.807, 2.05) is 0 Å². The lowest BCUT2D eigenvalue weighted by Crippen LogP contribution is -2.35. The molecule has 2 aliphatic rings. The van der Waals surface area contributed by atoms with Gasteiger partial charge in [0.15, 0.2) is 6.61 Å². The summed E-state index contributed by atoms with van der Waals surface area (Å²) in [6, 6.07) is 12.7. The van der Waals surface area contributed by atoms with Gasteiger partial charge in [0.25, 0.3) is 17.7 Å². The summed E-state index contributed by atoms with van der Waals surface area (Å²) in [5.41, 5.74) is 1.12. The molecule has 2 heterocycles. The second-order valence-corrected chi connectivity index (χ2v) is 7.41. The van der Waals surface area contributed by atoms with Crippen LogP contribution in [0.5, 0.6) is 0 Å². The van der Waals surface area contributed by atoms with Gasteiger partial charge in [0.2, 0.25) is 0 Å². The standard InChI is InChI=1S/C23H22N2O5/c26-20(24-12-5-1-2-6-13-24)15-30-23(29)16-8-7-9-17(14-16)25-21(27)18-10-3-4-11-19(18)22(25)28/h3-4,7-11,14H,1-2,5-6,12-13,15H2. The molecule has 2 aliphatic heterocycles. The number of esters is 1. The quantitative estimate of drug-likeness (QED) is 0.576. The number of rotatable bonds is 4. The number of carbonyl (C=O) groups excluding carboxylic acids is 4. The highest BCUT2D eigenvalue weighted by Crippen LogP contribution is 2.28. The highest BCUT2D eigenvalue weighted by atomic mass is 16.5. The van der Waals surface area contributed by atoms with Crippen molar-refractivity contribution in [1.29, 1.82) is 0 Å². The highest BCUT2D eigenvalue weighted by molar-refractivity contribution is 6.34. The number of fused-ring (bicyclic) bond motifs is 1. The predicted molar refractivity (Wildman–Crippen MR) is 109 cm³/mol. The van der Waals surface area contributed by atoms with Crippen LogP contribution in [0.4, 0.5) is 5.69 Å². The summed E-state index contributed by atoms with van der Waals surface area (Å²) in [4.78, 5) is 52.9. The molecule has 30 heavy (non-hydrogen) atoms. The van der Waals surface area contributed by atoms with Gasteiger partial charge in [-0.25, -0.2) is 9.69 Å². The van der Waals surface area contributed by atoms with Gasteiger partial charge in [-0.05, 0) is 43.2 Å². The maximum Gasteiger partial charge on any atom is 0.338 e. The van der Waals surface area contributed by atoms with Crippen LogP contribution in [-0.4, -0.2) is 48.3 Å². The minimum Gasteiger partial charge on any atom is -0.452 e. The lowest BCUT2D eigenvalue weighted by molar-refractivity contribution is -0.134. The molecule has 1 saturated heterocycles. The van der Waals surface area contributed by atoms with Crippen molar-refractivity contribution < 1.29 is 23.9 Å². The normalized spacial score (nSPS) is 16.3. The molecule has 0 N–H and O–H groups in total. The molecule has 0 radical (unpaired) electrons. The lowest BCUT2D eigenvalue weighted by Gasteiger charge is -2.20. The van der Waals surface area contributed by atoms with E-state index in [0.717, 1.165) is 30.6 Å². The van der Waals surface area contributed by atoms with Gasteiger partial charge >= 0.3 is 5.97 Å². The van der Waals surface area contributed by atoms with E-state index in [2.05, 4.69) is 0 Å². The second kappa shape index (κ2) is 8.49. The summed E-state index contributed by atoms with van der Waals surface area (Å²) in [5.74, 6) is -1.74. The Bertz CT molecular complexity index is 973. The number of amides is 3. The molecule has 7 nitrogen and oxygen atoms in total. The van der Waals surface area contributed by atoms with E-state index in [1.165, 1.54) is 12.1 Å². The largest absolute Gasteiger partial charge is 0.452 e. The minimum atomic E-state index is -0.670. The number of ether oxygens (including phenoxy) is 1. The average molecular weight is 406 g/mol. The summed E-state index contributed by atoms with van der Waals surface area (Å²) >= 11 is 0. The van der Waals surface area contributed by atoms with Gasteiger partial charge in [0.05, 0.1) is 22.4 Å². The summed E-state index contributed by atoms with van der Waals surface area (Å²) in [6.45, 7) is 1.05. The van der Waals surface area contributed by atoms with Crippen molar-refractivity contribution in [2.45, 2.75) is 25.7 Å². The van der Waals surface area contributed by atoms with E-state index in [0.29, 0.717) is 24.2 Å². The topological polar surface area (TPSA) is 84.0 Å². The van der Waals surface area contributed by atoms with Crippen molar-refractivity contribution in [1.82, 2.24) is 4.90 Å². The van der Waals surface area contributed by atoms with E-state index in [1.54, 1.807) is 41.3 Å². The Balaban J connectivity index is 1.45. The zero-order valence-corrected chi connectivity index (χ0v) is 16.5. The van der Waals surface area contributed by atoms with E-state index in [-0.39, 0.29) is 23.8 Å². The Morgan fingerprint density at radius 2 is 1.47 bits per heavy atom. The molecule has 0 unspecified atom stereocenters. The van der Waals surface area contributed by atoms with Crippen molar-refractivity contribution in [2.24, 2.45) is 0 Å². The molecule has 2 aromatic rings. The van der Waals surface area contributed by atoms with Gasteiger partial charge in [-0.2, -0.15) is 0 Å². The fourth-order valence-electron chi connectivity index (χ4n) is 3.82. The first-order valence-corrected chi connectivity index (χ1v) is 10.1. The molecule has 0 aliphatic carbocycles. The van der Waals surface area contributed by atoms with Gasteiger partial charge in [-0.1, -0.05) is 31.0 Å². The van der Waals surface area contributed by atoms with Gasteiger partial charge < -0.3 is 9.64 Å². The van der Waals surface area contributed by atoms with E-state index < -0.39 is 17.8 Å². The molecule has 7 heteroatoms. The van der Waals surface area contributed by atoms with Crippen LogP contribution in [-0.2, 0) is 9.53 Å². The number of carbonyl (C=O) groups is 4. The van der Waals surface area contributed by atoms with Crippen LogP contribution in [0.15, 0.2) is 48.5 Å². The van der Waals surface area contributed by atoms with Crippen molar-refractivity contribution in [3.05, 3.63) is 65.2 Å². The van der Waals surface area contributed by atoms with Crippen LogP contribution in [0.2, 0.25) is 0 Å². The van der Waals surface area contributed by atoms with E-state index in [4.69, 9.17) is 4.74 Å². The van der Waals surface area contributed by atoms with Crippen molar-refractivity contribution >= 4 is 29.4 Å². The maximum atomic E-state index is 12.6. The van der Waals surface area contributed by atoms with E-state index >= 15 is 0 Å². The number of benzene rings is 2. The molecule has 4 rings (SSSR count). The fourth-order valence-corrected chi connectivity index (χ4v) is 3.82. The van der Waals surface area contributed by atoms with Gasteiger partial charge in [0.1, 0.15) is 0 Å². The molecule has 2 aromatic carbocycles. The molecular weight excluding hydrogens is 384 g/mol. The van der Waals surface area contributed by atoms with Gasteiger partial charge in [-0.3, -0.25) is 14.4 Å². The number of likely N-dealkylation sites (tertiary alicyclic amines) is 1. The highest BCUT2D eigenvalue weighted by Gasteiger charge is 2.36. The molecule has 1 fully saturated rings. The lowest BCUT2D eigenvalue weighted by atomic mass is 10.1. The van der Waals surface area contributed by atoms with Crippen molar-refractivity contribution in [2.75, 3.05) is 24.6 Å². The zero-order valence-electron chi connectivity index (χ0n) is 16.5. The van der Waals surface area contributed by atoms with Crippen LogP contribution >= 0.6 is 0 Å². The molecular formula is C23H22N2O5. The van der Waals surface area contributed by atoms with Crippen LogP contribution in [0.1, 0.15) is 56.8 Å². The summed E-state index contributed by atoms with van der Waals surface area (Å²) < 4.78 is 5.20. The Kier molecular flexibility index (Phi) is 5.61. The van der Waals surface area contributed by atoms with Crippen molar-refractivity contribution in [3.8, 4) is 0 Å². The second-order valence-electron chi connectivity index (χ2n) is 7.41. The fraction of sp³-hybridized carbons (Fsp3) is 0.304. The summed E-state index contributed by atoms with van der Waals surface area (Å²) in [5, 5.41) is 0. The number of imide groups is 1. The Morgan fingerprint density at radius 1 is 0.833 bits per heavy atom. The van der Waals surface area contributed by atoms with Crippen LogP contribution < -0.4 is 4.90 Å². The molecule has 0 atom stereocenters. The third-order valence-corrected chi connectivity index (χ3v) is 5.42. The SMILES string of the molecule is O=C(OCC(=O)N1CCCCCC1)c1cccc(N2C(=O)c3ccccc3C2=O)c1. The molecule has 3 amide bonds. The third-order valence-electron chi connectivity index (χ3n) is 5.42.